The number of thioether (sulfide) groups is 1. The number of allylic oxidation sites excluding steroid dienone is 1. The first-order valence-corrected chi connectivity index (χ1v) is 13.3. The highest BCUT2D eigenvalue weighted by Gasteiger charge is 2.36. The van der Waals surface area contributed by atoms with Crippen molar-refractivity contribution in [3.8, 4) is 5.75 Å². The number of benzene rings is 2. The van der Waals surface area contributed by atoms with Crippen LogP contribution in [0.2, 0.25) is 0 Å². The fourth-order valence-corrected chi connectivity index (χ4v) is 4.74. The molecule has 190 valence electrons. The third kappa shape index (κ3) is 5.43. The van der Waals surface area contributed by atoms with Crippen molar-refractivity contribution in [3.05, 3.63) is 76.5 Å². The van der Waals surface area contributed by atoms with Gasteiger partial charge in [-0.15, -0.1) is 5.10 Å². The van der Waals surface area contributed by atoms with Crippen molar-refractivity contribution < 1.29 is 14.3 Å². The predicted octanol–water partition coefficient (Wildman–Crippen LogP) is 6.12. The van der Waals surface area contributed by atoms with E-state index in [-0.39, 0.29) is 18.0 Å². The van der Waals surface area contributed by atoms with E-state index in [4.69, 9.17) is 14.6 Å². The zero-order chi connectivity index (χ0) is 25.9. The molecule has 1 atom stereocenters. The highest BCUT2D eigenvalue weighted by Crippen LogP contribution is 2.40. The molecule has 1 N–H and O–H groups in total. The van der Waals surface area contributed by atoms with Crippen molar-refractivity contribution in [2.24, 2.45) is 0 Å². The number of hydrogen-bond donors (Lipinski definition) is 1. The van der Waals surface area contributed by atoms with Crippen LogP contribution in [0.15, 0.2) is 65.0 Å². The van der Waals surface area contributed by atoms with Gasteiger partial charge in [0, 0.05) is 11.3 Å². The van der Waals surface area contributed by atoms with Gasteiger partial charge in [0.15, 0.2) is 0 Å². The Morgan fingerprint density at radius 1 is 1.11 bits per heavy atom. The summed E-state index contributed by atoms with van der Waals surface area (Å²) in [6.45, 7) is 13.0. The van der Waals surface area contributed by atoms with Gasteiger partial charge in [0.1, 0.15) is 18.4 Å². The number of carbonyl (C=O) groups excluding carboxylic acids is 1. The summed E-state index contributed by atoms with van der Waals surface area (Å²) in [5.41, 5.74) is 4.46. The summed E-state index contributed by atoms with van der Waals surface area (Å²) < 4.78 is 13.5. The number of esters is 1. The molecule has 7 nitrogen and oxygen atoms in total. The molecule has 1 aliphatic heterocycles. The Morgan fingerprint density at radius 3 is 2.50 bits per heavy atom. The van der Waals surface area contributed by atoms with Crippen molar-refractivity contribution in [1.82, 2.24) is 14.8 Å². The lowest BCUT2D eigenvalue weighted by atomic mass is 9.87. The molecular formula is C28H34N4O3S. The minimum atomic E-state index is -0.529. The zero-order valence-corrected chi connectivity index (χ0v) is 22.6. The number of carbonyl (C=O) groups is 1. The number of hydrogen-bond acceptors (Lipinski definition) is 7. The van der Waals surface area contributed by atoms with Crippen LogP contribution < -0.4 is 10.1 Å². The molecule has 0 saturated heterocycles. The van der Waals surface area contributed by atoms with E-state index in [1.165, 1.54) is 5.56 Å². The van der Waals surface area contributed by atoms with Crippen LogP contribution in [0.5, 0.6) is 5.75 Å². The number of aromatic nitrogens is 3. The van der Waals surface area contributed by atoms with Crippen LogP contribution in [0.25, 0.3) is 0 Å². The molecule has 0 aliphatic carbocycles. The van der Waals surface area contributed by atoms with Gasteiger partial charge in [0.05, 0.1) is 12.2 Å². The first kappa shape index (κ1) is 25.8. The normalized spacial score (nSPS) is 15.3. The summed E-state index contributed by atoms with van der Waals surface area (Å²) in [6, 6.07) is 15.8. The maximum atomic E-state index is 13.1. The van der Waals surface area contributed by atoms with Crippen molar-refractivity contribution in [2.45, 2.75) is 64.8 Å². The molecule has 36 heavy (non-hydrogen) atoms. The van der Waals surface area contributed by atoms with Gasteiger partial charge in [0.25, 0.3) is 0 Å². The number of anilines is 1. The molecule has 2 heterocycles. The monoisotopic (exact) mass is 506 g/mol. The lowest BCUT2D eigenvalue weighted by Gasteiger charge is -2.29. The highest BCUT2D eigenvalue weighted by molar-refractivity contribution is 7.99. The van der Waals surface area contributed by atoms with Gasteiger partial charge in [-0.1, -0.05) is 81.9 Å². The van der Waals surface area contributed by atoms with Gasteiger partial charge in [0.2, 0.25) is 11.1 Å². The van der Waals surface area contributed by atoms with Crippen LogP contribution >= 0.6 is 11.8 Å². The smallest absolute Gasteiger partial charge is 0.338 e. The lowest BCUT2D eigenvalue weighted by Crippen LogP contribution is -2.30. The average Bonchev–Trinajstić information content (AvgIpc) is 3.24. The number of ether oxygens (including phenoxy) is 2. The standard InChI is InChI=1S/C28H34N4O3S/c1-7-34-25(33)23-18(3)29-26-30-27(36-8-2)31-32(26)24(23)21-11-9-10-12-22(21)35-17-19-13-15-20(16-14-19)28(4,5)6/h9-16,24H,7-8,17H2,1-6H3,(H,29,30,31). The Bertz CT molecular complexity index is 1260. The maximum Gasteiger partial charge on any atom is 0.338 e. The number of rotatable bonds is 8. The van der Waals surface area contributed by atoms with Crippen LogP contribution in [0.1, 0.15) is 64.3 Å². The Hall–Kier alpha value is -3.26. The van der Waals surface area contributed by atoms with Crippen molar-refractivity contribution in [1.29, 1.82) is 0 Å². The summed E-state index contributed by atoms with van der Waals surface area (Å²) in [7, 11) is 0. The van der Waals surface area contributed by atoms with E-state index in [2.05, 4.69) is 62.3 Å². The third-order valence-corrected chi connectivity index (χ3v) is 6.75. The van der Waals surface area contributed by atoms with Gasteiger partial charge in [-0.3, -0.25) is 0 Å². The van der Waals surface area contributed by atoms with Crippen molar-refractivity contribution >= 4 is 23.7 Å². The summed E-state index contributed by atoms with van der Waals surface area (Å²) in [4.78, 5) is 17.7. The van der Waals surface area contributed by atoms with E-state index in [0.717, 1.165) is 16.9 Å². The summed E-state index contributed by atoms with van der Waals surface area (Å²) in [5, 5.41) is 8.62. The Morgan fingerprint density at radius 2 is 1.83 bits per heavy atom. The van der Waals surface area contributed by atoms with Crippen molar-refractivity contribution in [3.63, 3.8) is 0 Å². The molecule has 1 unspecified atom stereocenters. The van der Waals surface area contributed by atoms with Crippen LogP contribution in [-0.4, -0.2) is 33.1 Å². The number of nitrogens with zero attached hydrogens (tertiary/aromatic N) is 3. The van der Waals surface area contributed by atoms with Crippen molar-refractivity contribution in [2.75, 3.05) is 17.7 Å². The van der Waals surface area contributed by atoms with E-state index >= 15 is 0 Å². The maximum absolute atomic E-state index is 13.1. The molecular weight excluding hydrogens is 472 g/mol. The Kier molecular flexibility index (Phi) is 7.73. The molecule has 0 spiro atoms. The molecule has 2 aromatic carbocycles. The van der Waals surface area contributed by atoms with Crippen LogP contribution in [0, 0.1) is 0 Å². The lowest BCUT2D eigenvalue weighted by molar-refractivity contribution is -0.139. The molecule has 0 bridgehead atoms. The number of nitrogens with one attached hydrogen (secondary N) is 1. The second-order valence-corrected chi connectivity index (χ2v) is 10.9. The number of para-hydroxylation sites is 1. The molecule has 1 aromatic heterocycles. The van der Waals surface area contributed by atoms with E-state index in [1.54, 1.807) is 23.4 Å². The Balaban J connectivity index is 1.70. The molecule has 0 saturated carbocycles. The predicted molar refractivity (Wildman–Crippen MR) is 143 cm³/mol. The van der Waals surface area contributed by atoms with E-state index in [9.17, 15) is 4.79 Å². The Labute approximate surface area is 217 Å². The van der Waals surface area contributed by atoms with Crippen LogP contribution in [0.4, 0.5) is 5.95 Å². The minimum absolute atomic E-state index is 0.0963. The molecule has 0 radical (unpaired) electrons. The largest absolute Gasteiger partial charge is 0.489 e. The quantitative estimate of drug-likeness (QED) is 0.291. The fraction of sp³-hybridized carbons (Fsp3) is 0.393. The second kappa shape index (κ2) is 10.8. The first-order chi connectivity index (χ1) is 17.2. The van der Waals surface area contributed by atoms with Gasteiger partial charge in [-0.25, -0.2) is 9.48 Å². The third-order valence-electron chi connectivity index (χ3n) is 6.03. The van der Waals surface area contributed by atoms with Gasteiger partial charge >= 0.3 is 5.97 Å². The second-order valence-electron chi connectivity index (χ2n) is 9.66. The topological polar surface area (TPSA) is 78.3 Å². The minimum Gasteiger partial charge on any atom is -0.489 e. The summed E-state index contributed by atoms with van der Waals surface area (Å²) in [5.74, 6) is 1.74. The molecule has 0 amide bonds. The highest BCUT2D eigenvalue weighted by atomic mass is 32.2. The van der Waals surface area contributed by atoms with Gasteiger partial charge in [-0.05, 0) is 42.2 Å². The van der Waals surface area contributed by atoms with E-state index in [1.807, 2.05) is 31.2 Å². The number of fused-ring (bicyclic) bond motifs is 1. The summed E-state index contributed by atoms with van der Waals surface area (Å²) >= 11 is 1.55. The van der Waals surface area contributed by atoms with E-state index < -0.39 is 6.04 Å². The van der Waals surface area contributed by atoms with Gasteiger partial charge < -0.3 is 14.8 Å². The van der Waals surface area contributed by atoms with Crippen LogP contribution in [0.3, 0.4) is 0 Å². The molecule has 3 aromatic rings. The SMILES string of the molecule is CCOC(=O)C1=C(C)Nc2nc(SCC)nn2C1c1ccccc1OCc1ccc(C(C)(C)C)cc1. The summed E-state index contributed by atoms with van der Waals surface area (Å²) in [6.07, 6.45) is 0. The molecule has 0 fully saturated rings. The average molecular weight is 507 g/mol. The molecule has 8 heteroatoms. The van der Waals surface area contributed by atoms with E-state index in [0.29, 0.717) is 34.7 Å². The first-order valence-electron chi connectivity index (χ1n) is 12.3. The van der Waals surface area contributed by atoms with Crippen LogP contribution in [-0.2, 0) is 21.6 Å². The molecule has 4 rings (SSSR count). The fourth-order valence-electron chi connectivity index (χ4n) is 4.18. The van der Waals surface area contributed by atoms with Gasteiger partial charge in [-0.2, -0.15) is 4.98 Å². The molecule has 1 aliphatic rings. The zero-order valence-electron chi connectivity index (χ0n) is 21.8.